The molecule has 2 atom stereocenters. The summed E-state index contributed by atoms with van der Waals surface area (Å²) in [5, 5.41) is 0. The maximum atomic E-state index is 4.71. The molecule has 22 heavy (non-hydrogen) atoms. The summed E-state index contributed by atoms with van der Waals surface area (Å²) >= 11 is -2.03. The van der Waals surface area contributed by atoms with Crippen molar-refractivity contribution < 1.29 is 21.0 Å². The molecule has 0 nitrogen and oxygen atoms in total. The molecule has 0 saturated carbocycles. The van der Waals surface area contributed by atoms with Crippen molar-refractivity contribution >= 4 is 41.2 Å². The Balaban J connectivity index is 0.000000882. The second kappa shape index (κ2) is 7.21. The molecule has 2 aliphatic carbocycles. The number of allylic oxidation sites excluding steroid dienone is 2. The van der Waals surface area contributed by atoms with Crippen molar-refractivity contribution in [3.8, 4) is 0 Å². The summed E-state index contributed by atoms with van der Waals surface area (Å²) in [7, 11) is 0. The Bertz CT molecular complexity index is 698. The van der Waals surface area contributed by atoms with Crippen LogP contribution in [0.1, 0.15) is 29.6 Å². The summed E-state index contributed by atoms with van der Waals surface area (Å²) in [6.07, 6.45) is 9.41. The van der Waals surface area contributed by atoms with Gasteiger partial charge in [-0.05, 0) is 0 Å². The molecular formula is C19H18Cl2Hf. The zero-order valence-corrected chi connectivity index (χ0v) is 17.3. The summed E-state index contributed by atoms with van der Waals surface area (Å²) in [4.78, 5) is 0. The quantitative estimate of drug-likeness (QED) is 0.488. The third kappa shape index (κ3) is 2.87. The van der Waals surface area contributed by atoms with Gasteiger partial charge in [0.2, 0.25) is 0 Å². The van der Waals surface area contributed by atoms with Crippen LogP contribution >= 0.6 is 24.8 Å². The van der Waals surface area contributed by atoms with E-state index in [1.165, 1.54) is 22.3 Å². The van der Waals surface area contributed by atoms with Crippen molar-refractivity contribution in [2.45, 2.75) is 7.35 Å². The van der Waals surface area contributed by atoms with Gasteiger partial charge < -0.3 is 0 Å². The van der Waals surface area contributed by atoms with Crippen molar-refractivity contribution in [1.82, 2.24) is 0 Å². The van der Waals surface area contributed by atoms with Gasteiger partial charge in [0.15, 0.2) is 0 Å². The first-order valence-electron chi connectivity index (χ1n) is 7.07. The fourth-order valence-corrected chi connectivity index (χ4v) is 12.0. The number of fused-ring (bicyclic) bond motifs is 2. The first-order valence-corrected chi connectivity index (χ1v) is 13.8. The molecule has 0 aromatic heterocycles. The van der Waals surface area contributed by atoms with Crippen LogP contribution in [0.3, 0.4) is 0 Å². The summed E-state index contributed by atoms with van der Waals surface area (Å²) in [6, 6.07) is 17.6. The topological polar surface area (TPSA) is 0 Å². The molecule has 0 heterocycles. The van der Waals surface area contributed by atoms with Crippen molar-refractivity contribution in [3.05, 3.63) is 82.9 Å². The Morgan fingerprint density at radius 1 is 0.682 bits per heavy atom. The molecule has 0 radical (unpaired) electrons. The fourth-order valence-electron chi connectivity index (χ4n) is 3.34. The van der Waals surface area contributed by atoms with Crippen LogP contribution in [0.15, 0.2) is 60.7 Å². The monoisotopic (exact) mass is 496 g/mol. The SMILES string of the molecule is Cl.Cl.[CH2]=[Hf]([CH]1C=Cc2ccccc21)[CH]1C=Cc2ccccc21. The van der Waals surface area contributed by atoms with Gasteiger partial charge in [0, 0.05) is 0 Å². The Labute approximate surface area is 151 Å². The Hall–Kier alpha value is -0.760. The predicted molar refractivity (Wildman–Crippen MR) is 98.1 cm³/mol. The fraction of sp³-hybridized carbons (Fsp3) is 0.105. The molecule has 0 aliphatic heterocycles. The van der Waals surface area contributed by atoms with Crippen LogP contribution in [0, 0.1) is 0 Å². The van der Waals surface area contributed by atoms with Gasteiger partial charge in [0.1, 0.15) is 0 Å². The third-order valence-corrected chi connectivity index (χ3v) is 13.8. The predicted octanol–water partition coefficient (Wildman–Crippen LogP) is 5.42. The van der Waals surface area contributed by atoms with Gasteiger partial charge in [-0.3, -0.25) is 0 Å². The molecule has 4 rings (SSSR count). The van der Waals surface area contributed by atoms with Gasteiger partial charge in [-0.25, -0.2) is 0 Å². The standard InChI is InChI=1S/2C9H7.CH2.2ClH.Hf/c2*1-2-5-9-7-3-6-8(9)4-1;;;;/h2*1-7H;1H2;2*1H;. The van der Waals surface area contributed by atoms with E-state index in [1.54, 1.807) is 0 Å². The van der Waals surface area contributed by atoms with Crippen LogP contribution in [0.25, 0.3) is 12.2 Å². The number of hydrogen-bond acceptors (Lipinski definition) is 0. The van der Waals surface area contributed by atoms with E-state index in [0.717, 1.165) is 0 Å². The molecule has 0 N–H and O–H groups in total. The van der Waals surface area contributed by atoms with Crippen LogP contribution < -0.4 is 0 Å². The summed E-state index contributed by atoms with van der Waals surface area (Å²) in [6.45, 7) is 0. The van der Waals surface area contributed by atoms with Crippen molar-refractivity contribution in [2.24, 2.45) is 0 Å². The average molecular weight is 496 g/mol. The van der Waals surface area contributed by atoms with Crippen LogP contribution in [-0.2, 0) is 21.0 Å². The molecule has 0 saturated heterocycles. The normalized spacial score (nSPS) is 19.8. The summed E-state index contributed by atoms with van der Waals surface area (Å²) in [5.74, 6) is 0. The number of halogens is 2. The summed E-state index contributed by atoms with van der Waals surface area (Å²) in [5.41, 5.74) is 5.84. The first kappa shape index (κ1) is 17.6. The zero-order valence-electron chi connectivity index (χ0n) is 12.1. The van der Waals surface area contributed by atoms with E-state index in [0.29, 0.717) is 7.35 Å². The third-order valence-electron chi connectivity index (χ3n) is 4.40. The molecule has 0 bridgehead atoms. The molecule has 0 amide bonds. The molecule has 112 valence electrons. The summed E-state index contributed by atoms with van der Waals surface area (Å²) < 4.78 is 5.98. The Morgan fingerprint density at radius 3 is 1.55 bits per heavy atom. The Kier molecular flexibility index (Phi) is 5.76. The number of benzene rings is 2. The molecule has 2 aromatic carbocycles. The molecule has 0 fully saturated rings. The van der Waals surface area contributed by atoms with Crippen molar-refractivity contribution in [1.29, 1.82) is 0 Å². The first-order chi connectivity index (χ1) is 9.84. The van der Waals surface area contributed by atoms with Gasteiger partial charge >= 0.3 is 128 Å². The van der Waals surface area contributed by atoms with E-state index in [9.17, 15) is 0 Å². The van der Waals surface area contributed by atoms with E-state index in [1.807, 2.05) is 0 Å². The van der Waals surface area contributed by atoms with Gasteiger partial charge in [-0.2, -0.15) is 0 Å². The van der Waals surface area contributed by atoms with Crippen molar-refractivity contribution in [3.63, 3.8) is 0 Å². The second-order valence-electron chi connectivity index (χ2n) is 5.51. The van der Waals surface area contributed by atoms with Crippen LogP contribution in [-0.4, -0.2) is 4.26 Å². The zero-order chi connectivity index (χ0) is 13.5. The molecule has 2 unspecified atom stereocenters. The van der Waals surface area contributed by atoms with E-state index in [2.05, 4.69) is 72.8 Å². The number of hydrogen-bond donors (Lipinski definition) is 0. The van der Waals surface area contributed by atoms with Crippen LogP contribution in [0.2, 0.25) is 0 Å². The minimum absolute atomic E-state index is 0. The van der Waals surface area contributed by atoms with Crippen molar-refractivity contribution in [2.75, 3.05) is 0 Å². The molecule has 2 aromatic rings. The average Bonchev–Trinajstić information content (AvgIpc) is 3.11. The van der Waals surface area contributed by atoms with E-state index in [4.69, 9.17) is 4.26 Å². The molecule has 3 heteroatoms. The minimum atomic E-state index is -2.03. The molecule has 2 aliphatic rings. The van der Waals surface area contributed by atoms with Crippen LogP contribution in [0.5, 0.6) is 0 Å². The van der Waals surface area contributed by atoms with Gasteiger partial charge in [0.05, 0.1) is 0 Å². The molecular weight excluding hydrogens is 478 g/mol. The van der Waals surface area contributed by atoms with Crippen LogP contribution in [0.4, 0.5) is 0 Å². The second-order valence-corrected chi connectivity index (χ2v) is 14.1. The van der Waals surface area contributed by atoms with E-state index >= 15 is 0 Å². The van der Waals surface area contributed by atoms with E-state index in [-0.39, 0.29) is 24.8 Å². The maximum absolute atomic E-state index is 4.71. The molecule has 0 spiro atoms. The van der Waals surface area contributed by atoms with E-state index < -0.39 is 21.0 Å². The van der Waals surface area contributed by atoms with Gasteiger partial charge in [-0.1, -0.05) is 0 Å². The number of rotatable bonds is 2. The Morgan fingerprint density at radius 2 is 1.09 bits per heavy atom. The van der Waals surface area contributed by atoms with Gasteiger partial charge in [-0.15, -0.1) is 24.8 Å². The van der Waals surface area contributed by atoms with Gasteiger partial charge in [0.25, 0.3) is 0 Å².